The zero-order chi connectivity index (χ0) is 8.98. The van der Waals surface area contributed by atoms with Crippen LogP contribution in [0.25, 0.3) is 0 Å². The van der Waals surface area contributed by atoms with Gasteiger partial charge in [-0.3, -0.25) is 0 Å². The van der Waals surface area contributed by atoms with Crippen molar-refractivity contribution in [2.45, 2.75) is 40.0 Å². The lowest BCUT2D eigenvalue weighted by Crippen LogP contribution is -2.39. The summed E-state index contributed by atoms with van der Waals surface area (Å²) in [4.78, 5) is 0. The lowest BCUT2D eigenvalue weighted by Gasteiger charge is -2.46. The van der Waals surface area contributed by atoms with Crippen molar-refractivity contribution in [2.75, 3.05) is 0 Å². The van der Waals surface area contributed by atoms with Crippen LogP contribution in [0.15, 0.2) is 5.16 Å². The molecule has 0 amide bonds. The molecule has 2 atom stereocenters. The third-order valence-corrected chi connectivity index (χ3v) is 4.15. The largest absolute Gasteiger partial charge is 0.411 e. The van der Waals surface area contributed by atoms with Crippen molar-refractivity contribution in [3.63, 3.8) is 0 Å². The van der Waals surface area contributed by atoms with Crippen molar-refractivity contribution in [1.29, 1.82) is 0 Å². The Balaban J connectivity index is 2.36. The molecule has 0 radical (unpaired) electrons. The molecule has 2 aliphatic rings. The minimum atomic E-state index is 0.141. The molecule has 0 aromatic rings. The van der Waals surface area contributed by atoms with Gasteiger partial charge in [0.05, 0.1) is 5.71 Å². The number of hydrogen-bond acceptors (Lipinski definition) is 2. The van der Waals surface area contributed by atoms with Crippen molar-refractivity contribution < 1.29 is 5.21 Å². The molecule has 0 aromatic heterocycles. The molecule has 2 heteroatoms. The van der Waals surface area contributed by atoms with Crippen molar-refractivity contribution in [2.24, 2.45) is 21.9 Å². The molecule has 0 aromatic carbocycles. The van der Waals surface area contributed by atoms with Crippen LogP contribution in [0.3, 0.4) is 0 Å². The fourth-order valence-electron chi connectivity index (χ4n) is 3.20. The topological polar surface area (TPSA) is 32.6 Å². The highest BCUT2D eigenvalue weighted by Gasteiger charge is 2.58. The molecule has 2 saturated carbocycles. The highest BCUT2D eigenvalue weighted by atomic mass is 16.4. The Morgan fingerprint density at radius 3 is 2.33 bits per heavy atom. The van der Waals surface area contributed by atoms with Crippen LogP contribution in [0.1, 0.15) is 40.0 Å². The van der Waals surface area contributed by atoms with Gasteiger partial charge >= 0.3 is 0 Å². The second-order valence-corrected chi connectivity index (χ2v) is 5.19. The van der Waals surface area contributed by atoms with Gasteiger partial charge in [0.1, 0.15) is 0 Å². The van der Waals surface area contributed by atoms with E-state index in [2.05, 4.69) is 25.9 Å². The van der Waals surface area contributed by atoms with E-state index in [1.807, 2.05) is 0 Å². The van der Waals surface area contributed by atoms with Crippen molar-refractivity contribution in [3.05, 3.63) is 0 Å². The van der Waals surface area contributed by atoms with Crippen LogP contribution in [0.2, 0.25) is 0 Å². The Bertz CT molecular complexity index is 244. The van der Waals surface area contributed by atoms with Gasteiger partial charge in [-0.15, -0.1) is 0 Å². The predicted molar refractivity (Wildman–Crippen MR) is 48.5 cm³/mol. The van der Waals surface area contributed by atoms with Gasteiger partial charge in [-0.2, -0.15) is 0 Å². The molecule has 0 saturated heterocycles. The summed E-state index contributed by atoms with van der Waals surface area (Å²) in [6.45, 7) is 6.73. The molecule has 0 heterocycles. The van der Waals surface area contributed by atoms with Gasteiger partial charge in [0.25, 0.3) is 0 Å². The standard InChI is InChI=1S/C10H17NO/c1-9(2)7-4-5-10(7,3)6-8(9)11-12/h7,12H,4-6H2,1-3H3/b11-8-. The second kappa shape index (κ2) is 2.04. The van der Waals surface area contributed by atoms with Gasteiger partial charge in [-0.1, -0.05) is 25.9 Å². The Morgan fingerprint density at radius 1 is 1.42 bits per heavy atom. The van der Waals surface area contributed by atoms with E-state index >= 15 is 0 Å². The molecule has 68 valence electrons. The summed E-state index contributed by atoms with van der Waals surface area (Å²) < 4.78 is 0. The minimum Gasteiger partial charge on any atom is -0.411 e. The number of oxime groups is 1. The van der Waals surface area contributed by atoms with Crippen LogP contribution < -0.4 is 0 Å². The lowest BCUT2D eigenvalue weighted by molar-refractivity contribution is 0.0303. The maximum absolute atomic E-state index is 8.87. The Kier molecular flexibility index (Phi) is 1.37. The molecule has 12 heavy (non-hydrogen) atoms. The molecule has 2 nitrogen and oxygen atoms in total. The fraction of sp³-hybridized carbons (Fsp3) is 0.900. The zero-order valence-electron chi connectivity index (χ0n) is 8.09. The van der Waals surface area contributed by atoms with Crippen LogP contribution >= 0.6 is 0 Å². The molecule has 2 aliphatic carbocycles. The first kappa shape index (κ1) is 8.09. The lowest BCUT2D eigenvalue weighted by atomic mass is 9.58. The first-order valence-corrected chi connectivity index (χ1v) is 4.72. The number of fused-ring (bicyclic) bond motifs is 1. The summed E-state index contributed by atoms with van der Waals surface area (Å²) in [6, 6.07) is 0. The Morgan fingerprint density at radius 2 is 2.08 bits per heavy atom. The summed E-state index contributed by atoms with van der Waals surface area (Å²) in [7, 11) is 0. The van der Waals surface area contributed by atoms with Crippen LogP contribution in [0.5, 0.6) is 0 Å². The highest BCUT2D eigenvalue weighted by molar-refractivity contribution is 5.92. The molecule has 0 spiro atoms. The number of nitrogens with zero attached hydrogens (tertiary/aromatic N) is 1. The predicted octanol–water partition coefficient (Wildman–Crippen LogP) is 2.66. The van der Waals surface area contributed by atoms with Crippen LogP contribution in [0.4, 0.5) is 0 Å². The van der Waals surface area contributed by atoms with E-state index in [1.54, 1.807) is 0 Å². The fourth-order valence-corrected chi connectivity index (χ4v) is 3.20. The summed E-state index contributed by atoms with van der Waals surface area (Å²) >= 11 is 0. The van der Waals surface area contributed by atoms with E-state index in [0.29, 0.717) is 5.41 Å². The normalized spacial score (nSPS) is 47.2. The van der Waals surface area contributed by atoms with E-state index in [1.165, 1.54) is 12.8 Å². The number of hydrogen-bond donors (Lipinski definition) is 1. The Hall–Kier alpha value is -0.530. The average molecular weight is 167 g/mol. The molecule has 2 unspecified atom stereocenters. The summed E-state index contributed by atoms with van der Waals surface area (Å²) in [6.07, 6.45) is 3.61. The third-order valence-electron chi connectivity index (χ3n) is 4.15. The SMILES string of the molecule is CC12CCC1C(C)(C)/C(=N\O)C2. The van der Waals surface area contributed by atoms with E-state index in [9.17, 15) is 0 Å². The first-order chi connectivity index (χ1) is 5.50. The Labute approximate surface area is 73.7 Å². The molecule has 2 fully saturated rings. The minimum absolute atomic E-state index is 0.141. The number of rotatable bonds is 0. The maximum Gasteiger partial charge on any atom is 0.0635 e. The van der Waals surface area contributed by atoms with Gasteiger partial charge in [0.15, 0.2) is 0 Å². The van der Waals surface area contributed by atoms with E-state index in [0.717, 1.165) is 18.1 Å². The molecular formula is C10H17NO. The van der Waals surface area contributed by atoms with Crippen LogP contribution in [0, 0.1) is 16.7 Å². The van der Waals surface area contributed by atoms with E-state index < -0.39 is 0 Å². The summed E-state index contributed by atoms with van der Waals surface area (Å²) in [5.41, 5.74) is 1.60. The van der Waals surface area contributed by atoms with Crippen molar-refractivity contribution in [1.82, 2.24) is 0 Å². The van der Waals surface area contributed by atoms with Crippen LogP contribution in [-0.2, 0) is 0 Å². The third kappa shape index (κ3) is 0.732. The van der Waals surface area contributed by atoms with Gasteiger partial charge in [0.2, 0.25) is 0 Å². The molecule has 1 N–H and O–H groups in total. The molecule has 2 rings (SSSR count). The van der Waals surface area contributed by atoms with Gasteiger partial charge in [-0.25, -0.2) is 0 Å². The quantitative estimate of drug-likeness (QED) is 0.436. The summed E-state index contributed by atoms with van der Waals surface area (Å²) in [5, 5.41) is 12.3. The molecular weight excluding hydrogens is 150 g/mol. The van der Waals surface area contributed by atoms with Gasteiger partial charge < -0.3 is 5.21 Å². The van der Waals surface area contributed by atoms with Crippen molar-refractivity contribution >= 4 is 5.71 Å². The maximum atomic E-state index is 8.87. The van der Waals surface area contributed by atoms with Gasteiger partial charge in [0, 0.05) is 5.41 Å². The monoisotopic (exact) mass is 167 g/mol. The first-order valence-electron chi connectivity index (χ1n) is 4.72. The van der Waals surface area contributed by atoms with Crippen LogP contribution in [-0.4, -0.2) is 10.9 Å². The summed E-state index contributed by atoms with van der Waals surface area (Å²) in [5.74, 6) is 0.746. The second-order valence-electron chi connectivity index (χ2n) is 5.19. The molecule has 0 bridgehead atoms. The van der Waals surface area contributed by atoms with Crippen molar-refractivity contribution in [3.8, 4) is 0 Å². The average Bonchev–Trinajstić information content (AvgIpc) is 2.07. The smallest absolute Gasteiger partial charge is 0.0635 e. The zero-order valence-corrected chi connectivity index (χ0v) is 8.09. The highest BCUT2D eigenvalue weighted by Crippen LogP contribution is 2.63. The van der Waals surface area contributed by atoms with E-state index in [4.69, 9.17) is 5.21 Å². The van der Waals surface area contributed by atoms with Gasteiger partial charge in [-0.05, 0) is 30.6 Å². The van der Waals surface area contributed by atoms with E-state index in [-0.39, 0.29) is 5.41 Å². The molecule has 0 aliphatic heterocycles.